The number of nitrogens with zero attached hydrogens (tertiary/aromatic N) is 1. The van der Waals surface area contributed by atoms with Crippen molar-refractivity contribution in [2.75, 3.05) is 7.11 Å². The molecule has 0 saturated heterocycles. The van der Waals surface area contributed by atoms with E-state index in [1.165, 1.54) is 13.3 Å². The summed E-state index contributed by atoms with van der Waals surface area (Å²) in [4.78, 5) is 4.11. The van der Waals surface area contributed by atoms with Crippen molar-refractivity contribution in [3.8, 4) is 5.75 Å². The van der Waals surface area contributed by atoms with Gasteiger partial charge in [0.15, 0.2) is 19.9 Å². The molecule has 0 aliphatic carbocycles. The van der Waals surface area contributed by atoms with E-state index < -0.39 is 14.1 Å². The van der Waals surface area contributed by atoms with E-state index in [0.717, 1.165) is 5.69 Å². The van der Waals surface area contributed by atoms with Gasteiger partial charge in [0.1, 0.15) is 0 Å². The number of pyridine rings is 1. The molecule has 0 spiro atoms. The molecule has 0 aliphatic heterocycles. The lowest BCUT2D eigenvalue weighted by molar-refractivity contribution is 0.269. The maximum Gasteiger partial charge on any atom is 0.192 e. The van der Waals surface area contributed by atoms with Gasteiger partial charge in [-0.1, -0.05) is 20.8 Å². The van der Waals surface area contributed by atoms with Gasteiger partial charge in [-0.05, 0) is 25.1 Å². The largest absolute Gasteiger partial charge is 0.493 e. The number of halogens is 1. The first kappa shape index (κ1) is 16.1. The van der Waals surface area contributed by atoms with Crippen LogP contribution >= 0.6 is 0 Å². The summed E-state index contributed by atoms with van der Waals surface area (Å²) >= 11 is 0. The van der Waals surface area contributed by atoms with E-state index in [1.54, 1.807) is 6.92 Å². The van der Waals surface area contributed by atoms with Crippen LogP contribution in [0.2, 0.25) is 18.1 Å². The molecule has 0 saturated carbocycles. The van der Waals surface area contributed by atoms with Gasteiger partial charge in [-0.15, -0.1) is 0 Å². The Balaban J connectivity index is 2.91. The molecule has 108 valence electrons. The zero-order chi connectivity index (χ0) is 14.8. The maximum atomic E-state index is 13.5. The highest BCUT2D eigenvalue weighted by Crippen LogP contribution is 2.37. The number of hydrogen-bond acceptors (Lipinski definition) is 3. The average molecular weight is 285 g/mol. The number of ether oxygens (including phenoxy) is 1. The lowest BCUT2D eigenvalue weighted by Crippen LogP contribution is -2.40. The van der Waals surface area contributed by atoms with Gasteiger partial charge in [0.25, 0.3) is 0 Å². The lowest BCUT2D eigenvalue weighted by atomic mass is 10.2. The Morgan fingerprint density at radius 2 is 1.89 bits per heavy atom. The van der Waals surface area contributed by atoms with E-state index in [2.05, 4.69) is 38.8 Å². The Bertz CT molecular complexity index is 455. The molecule has 0 N–H and O–H groups in total. The van der Waals surface area contributed by atoms with Gasteiger partial charge < -0.3 is 9.16 Å². The summed E-state index contributed by atoms with van der Waals surface area (Å²) in [6.07, 6.45) is 1.19. The fourth-order valence-electron chi connectivity index (χ4n) is 1.46. The van der Waals surface area contributed by atoms with Crippen LogP contribution in [0.1, 0.15) is 32.0 Å². The topological polar surface area (TPSA) is 31.4 Å². The highest BCUT2D eigenvalue weighted by Gasteiger charge is 2.37. The number of rotatable bonds is 4. The van der Waals surface area contributed by atoms with Gasteiger partial charge >= 0.3 is 0 Å². The van der Waals surface area contributed by atoms with Gasteiger partial charge in [0.05, 0.1) is 25.6 Å². The van der Waals surface area contributed by atoms with E-state index in [-0.39, 0.29) is 10.8 Å². The lowest BCUT2D eigenvalue weighted by Gasteiger charge is -2.36. The molecular formula is C14H24FNO2Si. The van der Waals surface area contributed by atoms with E-state index in [0.29, 0.717) is 12.2 Å². The minimum Gasteiger partial charge on any atom is -0.493 e. The molecule has 0 atom stereocenters. The third-order valence-corrected chi connectivity index (χ3v) is 8.38. The molecular weight excluding hydrogens is 261 g/mol. The summed E-state index contributed by atoms with van der Waals surface area (Å²) in [5, 5.41) is 0.144. The van der Waals surface area contributed by atoms with Crippen molar-refractivity contribution in [2.24, 2.45) is 0 Å². The summed E-state index contributed by atoms with van der Waals surface area (Å²) in [6.45, 7) is 13.1. The molecule has 3 nitrogen and oxygen atoms in total. The van der Waals surface area contributed by atoms with Gasteiger partial charge in [0, 0.05) is 5.56 Å². The predicted molar refractivity (Wildman–Crippen MR) is 77.5 cm³/mol. The van der Waals surface area contributed by atoms with E-state index in [1.807, 2.05) is 0 Å². The van der Waals surface area contributed by atoms with Crippen LogP contribution in [0.3, 0.4) is 0 Å². The van der Waals surface area contributed by atoms with Crippen molar-refractivity contribution in [3.05, 3.63) is 23.3 Å². The summed E-state index contributed by atoms with van der Waals surface area (Å²) in [5.74, 6) is -0.181. The third kappa shape index (κ3) is 3.54. The fourth-order valence-corrected chi connectivity index (χ4v) is 2.39. The molecule has 1 aromatic heterocycles. The standard InChI is InChI=1S/C14H24FNO2Si/c1-10-12(16-8-11(15)13(10)17-5)9-18-19(6,7)14(2,3)4/h8H,9H2,1-7H3. The van der Waals surface area contributed by atoms with Gasteiger partial charge in [-0.2, -0.15) is 0 Å². The zero-order valence-corrected chi connectivity index (χ0v) is 13.9. The average Bonchev–Trinajstić information content (AvgIpc) is 2.27. The molecule has 0 bridgehead atoms. The first-order chi connectivity index (χ1) is 8.60. The molecule has 0 aromatic carbocycles. The minimum atomic E-state index is -1.83. The normalized spacial score (nSPS) is 12.6. The Labute approximate surface area is 116 Å². The summed E-state index contributed by atoms with van der Waals surface area (Å²) < 4.78 is 24.6. The van der Waals surface area contributed by atoms with E-state index in [9.17, 15) is 4.39 Å². The molecule has 0 aliphatic rings. The van der Waals surface area contributed by atoms with Crippen LogP contribution in [0.4, 0.5) is 4.39 Å². The highest BCUT2D eigenvalue weighted by molar-refractivity contribution is 6.74. The second kappa shape index (κ2) is 5.59. The van der Waals surface area contributed by atoms with Crippen molar-refractivity contribution in [2.45, 2.75) is 52.4 Å². The van der Waals surface area contributed by atoms with E-state index >= 15 is 0 Å². The zero-order valence-electron chi connectivity index (χ0n) is 12.9. The Morgan fingerprint density at radius 3 is 2.37 bits per heavy atom. The van der Waals surface area contributed by atoms with Crippen molar-refractivity contribution < 1.29 is 13.6 Å². The third-order valence-electron chi connectivity index (χ3n) is 3.90. The summed E-state index contributed by atoms with van der Waals surface area (Å²) in [7, 11) is -0.364. The van der Waals surface area contributed by atoms with Crippen LogP contribution in [0.15, 0.2) is 6.20 Å². The smallest absolute Gasteiger partial charge is 0.192 e. The molecule has 5 heteroatoms. The minimum absolute atomic E-state index is 0.144. The van der Waals surface area contributed by atoms with Crippen LogP contribution in [0.25, 0.3) is 0 Å². The molecule has 0 fully saturated rings. The van der Waals surface area contributed by atoms with Crippen molar-refractivity contribution in [1.82, 2.24) is 4.98 Å². The fraction of sp³-hybridized carbons (Fsp3) is 0.643. The monoisotopic (exact) mass is 285 g/mol. The van der Waals surface area contributed by atoms with Crippen molar-refractivity contribution in [3.63, 3.8) is 0 Å². The van der Waals surface area contributed by atoms with E-state index in [4.69, 9.17) is 9.16 Å². The molecule has 0 unspecified atom stereocenters. The van der Waals surface area contributed by atoms with Gasteiger partial charge in [0.2, 0.25) is 0 Å². The van der Waals surface area contributed by atoms with Crippen molar-refractivity contribution in [1.29, 1.82) is 0 Å². The predicted octanol–water partition coefficient (Wildman–Crippen LogP) is 4.06. The second-order valence-electron chi connectivity index (χ2n) is 6.26. The highest BCUT2D eigenvalue weighted by atomic mass is 28.4. The Hall–Kier alpha value is -0.943. The van der Waals surface area contributed by atoms with Crippen LogP contribution in [-0.2, 0) is 11.0 Å². The Morgan fingerprint density at radius 1 is 1.32 bits per heavy atom. The number of methoxy groups -OCH3 is 1. The quantitative estimate of drug-likeness (QED) is 0.782. The first-order valence-electron chi connectivity index (χ1n) is 6.42. The molecule has 0 amide bonds. The molecule has 1 aromatic rings. The number of aromatic nitrogens is 1. The maximum absolute atomic E-state index is 13.5. The van der Waals surface area contributed by atoms with Gasteiger partial charge in [-0.25, -0.2) is 4.39 Å². The van der Waals surface area contributed by atoms with Crippen LogP contribution in [0.5, 0.6) is 5.75 Å². The molecule has 0 radical (unpaired) electrons. The summed E-state index contributed by atoms with van der Waals surface area (Å²) in [5.41, 5.74) is 1.45. The van der Waals surface area contributed by atoms with Crippen LogP contribution in [-0.4, -0.2) is 20.4 Å². The van der Waals surface area contributed by atoms with Crippen LogP contribution < -0.4 is 4.74 Å². The van der Waals surface area contributed by atoms with Crippen molar-refractivity contribution >= 4 is 8.32 Å². The summed E-state index contributed by atoms with van der Waals surface area (Å²) in [6, 6.07) is 0. The number of hydrogen-bond donors (Lipinski definition) is 0. The Kier molecular flexibility index (Phi) is 4.74. The molecule has 1 rings (SSSR count). The first-order valence-corrected chi connectivity index (χ1v) is 9.33. The molecule has 19 heavy (non-hydrogen) atoms. The second-order valence-corrected chi connectivity index (χ2v) is 11.1. The van der Waals surface area contributed by atoms with Crippen LogP contribution in [0, 0.1) is 12.7 Å². The SMILES string of the molecule is COc1c(F)cnc(CO[Si](C)(C)C(C)(C)C)c1C. The molecule has 1 heterocycles. The van der Waals surface area contributed by atoms with Gasteiger partial charge in [-0.3, -0.25) is 4.98 Å².